The van der Waals surface area contributed by atoms with Crippen molar-refractivity contribution in [3.8, 4) is 0 Å². The Hall–Kier alpha value is -0.0900. The number of halogens is 1. The number of nitrogens with two attached hydrogens (primary N) is 1. The van der Waals surface area contributed by atoms with Gasteiger partial charge in [-0.2, -0.15) is 0 Å². The maximum Gasteiger partial charge on any atom is 0.211 e. The van der Waals surface area contributed by atoms with E-state index in [0.29, 0.717) is 37.6 Å². The molecule has 1 heterocycles. The molecular weight excluding hydrogens is 367 g/mol. The van der Waals surface area contributed by atoms with Gasteiger partial charge in [-0.3, -0.25) is 4.99 Å². The van der Waals surface area contributed by atoms with Crippen molar-refractivity contribution in [1.82, 2.24) is 9.62 Å². The van der Waals surface area contributed by atoms with Gasteiger partial charge in [-0.1, -0.05) is 0 Å². The van der Waals surface area contributed by atoms with Crippen LogP contribution in [0.25, 0.3) is 0 Å². The summed E-state index contributed by atoms with van der Waals surface area (Å²) < 4.78 is 24.2. The molecule has 0 aromatic carbocycles. The van der Waals surface area contributed by atoms with Gasteiger partial charge < -0.3 is 11.1 Å². The predicted octanol–water partition coefficient (Wildman–Crippen LogP) is -0.0474. The molecule has 1 aliphatic heterocycles. The molecule has 6 nitrogen and oxygen atoms in total. The maximum atomic E-state index is 11.3. The van der Waals surface area contributed by atoms with Crippen molar-refractivity contribution in [2.75, 3.05) is 25.9 Å². The Morgan fingerprint density at radius 3 is 2.61 bits per heavy atom. The van der Waals surface area contributed by atoms with E-state index in [4.69, 9.17) is 5.73 Å². The van der Waals surface area contributed by atoms with Gasteiger partial charge in [-0.05, 0) is 25.2 Å². The summed E-state index contributed by atoms with van der Waals surface area (Å²) in [5.41, 5.74) is 5.72. The molecule has 0 spiro atoms. The highest BCUT2D eigenvalue weighted by atomic mass is 127. The number of rotatable bonds is 4. The summed E-state index contributed by atoms with van der Waals surface area (Å²) in [6.07, 6.45) is 4.46. The van der Waals surface area contributed by atoms with Crippen LogP contribution in [0, 0.1) is 5.92 Å². The largest absolute Gasteiger partial charge is 0.370 e. The van der Waals surface area contributed by atoms with Gasteiger partial charge in [-0.15, -0.1) is 24.0 Å². The van der Waals surface area contributed by atoms with E-state index in [1.807, 2.05) is 0 Å². The first-order chi connectivity index (χ1) is 7.95. The van der Waals surface area contributed by atoms with Crippen LogP contribution in [-0.4, -0.2) is 50.6 Å². The molecule has 1 atom stereocenters. The summed E-state index contributed by atoms with van der Waals surface area (Å²) >= 11 is 0. The molecule has 1 aliphatic carbocycles. The molecule has 106 valence electrons. The Morgan fingerprint density at radius 1 is 1.44 bits per heavy atom. The number of nitrogens with one attached hydrogen (secondary N) is 1. The highest BCUT2D eigenvalue weighted by molar-refractivity contribution is 14.0. The van der Waals surface area contributed by atoms with Crippen LogP contribution >= 0.6 is 24.0 Å². The minimum atomic E-state index is -3.05. The van der Waals surface area contributed by atoms with E-state index in [-0.39, 0.29) is 24.0 Å². The second-order valence-corrected chi connectivity index (χ2v) is 6.90. The molecule has 0 aromatic heterocycles. The third-order valence-corrected chi connectivity index (χ3v) is 4.44. The average molecular weight is 388 g/mol. The van der Waals surface area contributed by atoms with Crippen molar-refractivity contribution >= 4 is 40.0 Å². The van der Waals surface area contributed by atoms with E-state index in [9.17, 15) is 8.42 Å². The molecule has 3 N–H and O–H groups in total. The Bertz CT molecular complexity index is 408. The van der Waals surface area contributed by atoms with Crippen LogP contribution in [0.2, 0.25) is 0 Å². The normalized spacial score (nSPS) is 25.8. The van der Waals surface area contributed by atoms with Crippen LogP contribution in [0.1, 0.15) is 19.3 Å². The van der Waals surface area contributed by atoms with Gasteiger partial charge in [0.05, 0.1) is 6.26 Å². The van der Waals surface area contributed by atoms with E-state index < -0.39 is 10.0 Å². The molecule has 0 radical (unpaired) electrons. The molecule has 1 unspecified atom stereocenters. The van der Waals surface area contributed by atoms with Gasteiger partial charge in [0.1, 0.15) is 0 Å². The lowest BCUT2D eigenvalue weighted by Crippen LogP contribution is -2.34. The van der Waals surface area contributed by atoms with Crippen LogP contribution in [0.5, 0.6) is 0 Å². The third kappa shape index (κ3) is 4.88. The highest BCUT2D eigenvalue weighted by Crippen LogP contribution is 2.20. The lowest BCUT2D eigenvalue weighted by Gasteiger charge is -2.12. The standard InChI is InChI=1S/C10H20N4O2S.HI/c1-17(15,16)14-5-4-8(7-14)6-12-10(11)13-9-2-3-9;/h8-9H,2-7H2,1H3,(H3,11,12,13);1H. The van der Waals surface area contributed by atoms with Gasteiger partial charge in [0.15, 0.2) is 5.96 Å². The first kappa shape index (κ1) is 16.0. The molecule has 0 amide bonds. The highest BCUT2D eigenvalue weighted by Gasteiger charge is 2.28. The first-order valence-electron chi connectivity index (χ1n) is 5.97. The molecular formula is C10H21IN4O2S. The van der Waals surface area contributed by atoms with Crippen molar-refractivity contribution in [3.63, 3.8) is 0 Å². The zero-order chi connectivity index (χ0) is 12.5. The molecule has 2 aliphatic rings. The fourth-order valence-electron chi connectivity index (χ4n) is 1.96. The Kier molecular flexibility index (Phi) is 5.66. The lowest BCUT2D eigenvalue weighted by molar-refractivity contribution is 0.464. The fourth-order valence-corrected chi connectivity index (χ4v) is 2.88. The van der Waals surface area contributed by atoms with Crippen molar-refractivity contribution in [1.29, 1.82) is 0 Å². The molecule has 0 aromatic rings. The topological polar surface area (TPSA) is 87.8 Å². The van der Waals surface area contributed by atoms with Gasteiger partial charge >= 0.3 is 0 Å². The van der Waals surface area contributed by atoms with Gasteiger partial charge in [0.25, 0.3) is 0 Å². The third-order valence-electron chi connectivity index (χ3n) is 3.17. The van der Waals surface area contributed by atoms with Crippen molar-refractivity contribution in [2.45, 2.75) is 25.3 Å². The Balaban J connectivity index is 0.00000162. The molecule has 18 heavy (non-hydrogen) atoms. The fraction of sp³-hybridized carbons (Fsp3) is 0.900. The number of guanidine groups is 1. The first-order valence-corrected chi connectivity index (χ1v) is 7.81. The summed E-state index contributed by atoms with van der Waals surface area (Å²) in [5, 5.41) is 3.12. The smallest absolute Gasteiger partial charge is 0.211 e. The monoisotopic (exact) mass is 388 g/mol. The molecule has 0 bridgehead atoms. The summed E-state index contributed by atoms with van der Waals surface area (Å²) in [7, 11) is -3.05. The van der Waals surface area contributed by atoms with Crippen LogP contribution in [0.3, 0.4) is 0 Å². The zero-order valence-electron chi connectivity index (χ0n) is 10.5. The number of hydrogen-bond donors (Lipinski definition) is 2. The van der Waals surface area contributed by atoms with Crippen molar-refractivity contribution in [3.05, 3.63) is 0 Å². The second kappa shape index (κ2) is 6.38. The number of aliphatic imine (C=N–C) groups is 1. The average Bonchev–Trinajstić information content (AvgIpc) is 2.90. The van der Waals surface area contributed by atoms with Crippen molar-refractivity contribution < 1.29 is 8.42 Å². The number of sulfonamides is 1. The van der Waals surface area contributed by atoms with Crippen LogP contribution < -0.4 is 11.1 Å². The van der Waals surface area contributed by atoms with Gasteiger partial charge in [0, 0.05) is 25.7 Å². The van der Waals surface area contributed by atoms with E-state index in [1.54, 1.807) is 0 Å². The van der Waals surface area contributed by atoms with E-state index in [0.717, 1.165) is 6.42 Å². The van der Waals surface area contributed by atoms with Crippen molar-refractivity contribution in [2.24, 2.45) is 16.6 Å². The van der Waals surface area contributed by atoms with Crippen LogP contribution in [-0.2, 0) is 10.0 Å². The zero-order valence-corrected chi connectivity index (χ0v) is 13.6. The number of hydrogen-bond acceptors (Lipinski definition) is 3. The summed E-state index contributed by atoms with van der Waals surface area (Å²) in [4.78, 5) is 4.26. The molecule has 8 heteroatoms. The maximum absolute atomic E-state index is 11.3. The summed E-state index contributed by atoms with van der Waals surface area (Å²) in [6, 6.07) is 0.509. The second-order valence-electron chi connectivity index (χ2n) is 4.92. The summed E-state index contributed by atoms with van der Waals surface area (Å²) in [5.74, 6) is 0.787. The Labute approximate surface area is 125 Å². The molecule has 1 saturated heterocycles. The number of nitrogens with zero attached hydrogens (tertiary/aromatic N) is 2. The van der Waals surface area contributed by atoms with E-state index >= 15 is 0 Å². The van der Waals surface area contributed by atoms with Crippen LogP contribution in [0.4, 0.5) is 0 Å². The minimum Gasteiger partial charge on any atom is -0.370 e. The van der Waals surface area contributed by atoms with E-state index in [1.165, 1.54) is 23.4 Å². The minimum absolute atomic E-state index is 0. The van der Waals surface area contributed by atoms with E-state index in [2.05, 4.69) is 10.3 Å². The van der Waals surface area contributed by atoms with Crippen LogP contribution in [0.15, 0.2) is 4.99 Å². The molecule has 2 rings (SSSR count). The quantitative estimate of drug-likeness (QED) is 0.402. The summed E-state index contributed by atoms with van der Waals surface area (Å²) in [6.45, 7) is 1.78. The molecule has 1 saturated carbocycles. The van der Waals surface area contributed by atoms with Gasteiger partial charge in [-0.25, -0.2) is 12.7 Å². The Morgan fingerprint density at radius 2 is 2.11 bits per heavy atom. The SMILES string of the molecule is CS(=O)(=O)N1CCC(CN=C(N)NC2CC2)C1.I. The predicted molar refractivity (Wildman–Crippen MR) is 82.6 cm³/mol. The lowest BCUT2D eigenvalue weighted by atomic mass is 10.1. The van der Waals surface area contributed by atoms with Gasteiger partial charge in [0.2, 0.25) is 10.0 Å². The molecule has 2 fully saturated rings.